The average molecular weight is 788 g/mol. The Morgan fingerprint density at radius 2 is 0.836 bits per heavy atom. The van der Waals surface area contributed by atoms with Crippen molar-refractivity contribution >= 4 is 21.8 Å². The summed E-state index contributed by atoms with van der Waals surface area (Å²) in [6.45, 7) is 13.6. The van der Waals surface area contributed by atoms with Crippen LogP contribution in [0, 0.1) is 22.7 Å². The van der Waals surface area contributed by atoms with Gasteiger partial charge in [-0.2, -0.15) is 10.5 Å². The lowest BCUT2D eigenvalue weighted by molar-refractivity contribution is 0.590. The van der Waals surface area contributed by atoms with Crippen LogP contribution in [0.5, 0.6) is 0 Å². The summed E-state index contributed by atoms with van der Waals surface area (Å²) in [5.74, 6) is 0.586. The standard InChI is InChI=1S/C56H45N5/c1-55(2,3)43-25-27-51-47(31-43)48-32-44(56(4,5)6)26-28-52(48)61(51)53-45(38-21-17-36(34-57)18-22-38)29-42(30-46(53)39-23-19-37(35-58)20-24-39)54-59-49(40-13-9-7-10-14-40)33-50(60-54)41-15-11-8-12-16-41/h7-33H,1-6H3. The average Bonchev–Trinajstić information content (AvgIpc) is 3.61. The molecule has 7 aromatic carbocycles. The Kier molecular flexibility index (Phi) is 9.70. The van der Waals surface area contributed by atoms with Gasteiger partial charge in [0, 0.05) is 38.6 Å². The third-order valence-electron chi connectivity index (χ3n) is 11.6. The Labute approximate surface area is 357 Å². The molecule has 0 aliphatic carbocycles. The molecule has 0 saturated heterocycles. The Morgan fingerprint density at radius 3 is 1.21 bits per heavy atom. The van der Waals surface area contributed by atoms with Crippen molar-refractivity contribution < 1.29 is 0 Å². The highest BCUT2D eigenvalue weighted by Gasteiger charge is 2.25. The van der Waals surface area contributed by atoms with Crippen molar-refractivity contribution in [3.05, 3.63) is 186 Å². The number of aromatic nitrogens is 3. The Morgan fingerprint density at radius 1 is 0.426 bits per heavy atom. The van der Waals surface area contributed by atoms with Crippen molar-refractivity contribution in [2.75, 3.05) is 0 Å². The minimum absolute atomic E-state index is 0.0555. The van der Waals surface area contributed by atoms with Gasteiger partial charge in [0.05, 0.1) is 51.4 Å². The van der Waals surface area contributed by atoms with Crippen LogP contribution in [0.25, 0.3) is 83.6 Å². The molecule has 0 aliphatic rings. The summed E-state index contributed by atoms with van der Waals surface area (Å²) in [6, 6.07) is 60.9. The molecular formula is C56H45N5. The number of rotatable bonds is 6. The molecule has 5 heteroatoms. The van der Waals surface area contributed by atoms with E-state index in [1.807, 2.05) is 84.9 Å². The Bertz CT molecular complexity index is 2980. The first-order valence-electron chi connectivity index (χ1n) is 20.7. The molecular weight excluding hydrogens is 743 g/mol. The van der Waals surface area contributed by atoms with E-state index < -0.39 is 0 Å². The van der Waals surface area contributed by atoms with Crippen LogP contribution >= 0.6 is 0 Å². The fourth-order valence-electron chi connectivity index (χ4n) is 8.18. The van der Waals surface area contributed by atoms with Gasteiger partial charge < -0.3 is 4.57 Å². The van der Waals surface area contributed by atoms with Gasteiger partial charge in [0.2, 0.25) is 0 Å². The largest absolute Gasteiger partial charge is 0.308 e. The van der Waals surface area contributed by atoms with Gasteiger partial charge >= 0.3 is 0 Å². The van der Waals surface area contributed by atoms with Gasteiger partial charge in [0.1, 0.15) is 0 Å². The van der Waals surface area contributed by atoms with Gasteiger partial charge in [-0.05, 0) is 99.8 Å². The Balaban J connectivity index is 1.43. The zero-order valence-corrected chi connectivity index (χ0v) is 35.3. The molecule has 0 aliphatic heterocycles. The van der Waals surface area contributed by atoms with Gasteiger partial charge in [0.15, 0.2) is 5.82 Å². The predicted molar refractivity (Wildman–Crippen MR) is 250 cm³/mol. The van der Waals surface area contributed by atoms with Crippen molar-refractivity contribution in [2.24, 2.45) is 0 Å². The molecule has 294 valence electrons. The number of fused-ring (bicyclic) bond motifs is 3. The molecule has 0 radical (unpaired) electrons. The van der Waals surface area contributed by atoms with Crippen LogP contribution in [0.1, 0.15) is 63.8 Å². The zero-order chi connectivity index (χ0) is 42.5. The van der Waals surface area contributed by atoms with Gasteiger partial charge in [-0.15, -0.1) is 0 Å². The lowest BCUT2D eigenvalue weighted by atomic mass is 9.85. The van der Waals surface area contributed by atoms with Gasteiger partial charge in [-0.25, -0.2) is 9.97 Å². The fourth-order valence-corrected chi connectivity index (χ4v) is 8.18. The second-order valence-electron chi connectivity index (χ2n) is 17.8. The summed E-state index contributed by atoms with van der Waals surface area (Å²) in [6.07, 6.45) is 0. The summed E-state index contributed by atoms with van der Waals surface area (Å²) in [5.41, 5.74) is 15.0. The number of hydrogen-bond acceptors (Lipinski definition) is 4. The van der Waals surface area contributed by atoms with Crippen LogP contribution in [-0.2, 0) is 10.8 Å². The maximum absolute atomic E-state index is 9.87. The van der Waals surface area contributed by atoms with Crippen LogP contribution in [0.4, 0.5) is 0 Å². The molecule has 0 N–H and O–H groups in total. The summed E-state index contributed by atoms with van der Waals surface area (Å²) >= 11 is 0. The van der Waals surface area contributed by atoms with Crippen LogP contribution in [0.15, 0.2) is 164 Å². The smallest absolute Gasteiger partial charge is 0.160 e. The lowest BCUT2D eigenvalue weighted by Crippen LogP contribution is -2.10. The summed E-state index contributed by atoms with van der Waals surface area (Å²) in [7, 11) is 0. The first kappa shape index (κ1) is 38.9. The van der Waals surface area contributed by atoms with Crippen molar-refractivity contribution in [3.63, 3.8) is 0 Å². The van der Waals surface area contributed by atoms with E-state index in [-0.39, 0.29) is 10.8 Å². The molecule has 0 spiro atoms. The van der Waals surface area contributed by atoms with Crippen LogP contribution in [0.3, 0.4) is 0 Å². The minimum Gasteiger partial charge on any atom is -0.308 e. The number of hydrogen-bond donors (Lipinski definition) is 0. The number of nitrogens with zero attached hydrogens (tertiary/aromatic N) is 5. The molecule has 0 bridgehead atoms. The molecule has 0 saturated carbocycles. The van der Waals surface area contributed by atoms with E-state index in [2.05, 4.69) is 137 Å². The second-order valence-corrected chi connectivity index (χ2v) is 17.8. The monoisotopic (exact) mass is 787 g/mol. The molecule has 61 heavy (non-hydrogen) atoms. The highest BCUT2D eigenvalue weighted by atomic mass is 15.0. The number of benzene rings is 7. The maximum Gasteiger partial charge on any atom is 0.160 e. The summed E-state index contributed by atoms with van der Waals surface area (Å²) < 4.78 is 2.41. The second kappa shape index (κ2) is 15.2. The van der Waals surface area contributed by atoms with Gasteiger partial charge in [-0.3, -0.25) is 0 Å². The quantitative estimate of drug-likeness (QED) is 0.168. The van der Waals surface area contributed by atoms with E-state index in [9.17, 15) is 10.5 Å². The normalized spacial score (nSPS) is 11.7. The molecule has 2 heterocycles. The van der Waals surface area contributed by atoms with E-state index >= 15 is 0 Å². The molecule has 0 amide bonds. The SMILES string of the molecule is CC(C)(C)c1ccc2c(c1)c1cc(C(C)(C)C)ccc1n2-c1c(-c2ccc(C#N)cc2)cc(-c2nc(-c3ccccc3)cc(-c3ccccc3)n2)cc1-c1ccc(C#N)cc1. The third-order valence-corrected chi connectivity index (χ3v) is 11.6. The Hall–Kier alpha value is -7.60. The first-order valence-corrected chi connectivity index (χ1v) is 20.7. The van der Waals surface area contributed by atoms with Crippen molar-refractivity contribution in [3.8, 4) is 74.0 Å². The predicted octanol–water partition coefficient (Wildman–Crippen LogP) is 14.2. The number of nitriles is 2. The van der Waals surface area contributed by atoms with Crippen molar-refractivity contribution in [1.82, 2.24) is 14.5 Å². The molecule has 5 nitrogen and oxygen atoms in total. The van der Waals surface area contributed by atoms with Crippen molar-refractivity contribution in [2.45, 2.75) is 52.4 Å². The van der Waals surface area contributed by atoms with Gasteiger partial charge in [0.25, 0.3) is 0 Å². The van der Waals surface area contributed by atoms with Crippen LogP contribution in [0.2, 0.25) is 0 Å². The topological polar surface area (TPSA) is 78.3 Å². The molecule has 0 atom stereocenters. The van der Waals surface area contributed by atoms with E-state index in [0.29, 0.717) is 17.0 Å². The van der Waals surface area contributed by atoms with E-state index in [4.69, 9.17) is 9.97 Å². The molecule has 0 fully saturated rings. The molecule has 9 rings (SSSR count). The molecule has 0 unspecified atom stereocenters. The highest BCUT2D eigenvalue weighted by molar-refractivity contribution is 6.11. The molecule has 2 aromatic heterocycles. The third kappa shape index (κ3) is 7.37. The highest BCUT2D eigenvalue weighted by Crippen LogP contribution is 2.45. The van der Waals surface area contributed by atoms with Gasteiger partial charge in [-0.1, -0.05) is 139 Å². The lowest BCUT2D eigenvalue weighted by Gasteiger charge is -2.22. The summed E-state index contributed by atoms with van der Waals surface area (Å²) in [4.78, 5) is 10.6. The van der Waals surface area contributed by atoms with E-state index in [1.165, 1.54) is 21.9 Å². The minimum atomic E-state index is -0.0555. The fraction of sp³-hybridized carbons (Fsp3) is 0.143. The zero-order valence-electron chi connectivity index (χ0n) is 35.3. The first-order chi connectivity index (χ1) is 29.4. The van der Waals surface area contributed by atoms with Crippen LogP contribution < -0.4 is 0 Å². The van der Waals surface area contributed by atoms with Crippen LogP contribution in [-0.4, -0.2) is 14.5 Å². The maximum atomic E-state index is 9.87. The van der Waals surface area contributed by atoms with E-state index in [0.717, 1.165) is 67.1 Å². The molecule has 9 aromatic rings. The van der Waals surface area contributed by atoms with Crippen molar-refractivity contribution in [1.29, 1.82) is 10.5 Å². The van der Waals surface area contributed by atoms with E-state index in [1.54, 1.807) is 0 Å². The summed E-state index contributed by atoms with van der Waals surface area (Å²) in [5, 5.41) is 22.1.